The van der Waals surface area contributed by atoms with Gasteiger partial charge in [0.1, 0.15) is 5.56 Å². The second-order valence-corrected chi connectivity index (χ2v) is 6.24. The molecule has 0 unspecified atom stereocenters. The summed E-state index contributed by atoms with van der Waals surface area (Å²) >= 11 is 0. The van der Waals surface area contributed by atoms with Gasteiger partial charge in [0, 0.05) is 11.6 Å². The zero-order chi connectivity index (χ0) is 17.7. The van der Waals surface area contributed by atoms with Gasteiger partial charge in [-0.3, -0.25) is 14.9 Å². The average Bonchev–Trinajstić information content (AvgIpc) is 2.54. The summed E-state index contributed by atoms with van der Waals surface area (Å²) in [6, 6.07) is 4.52. The van der Waals surface area contributed by atoms with Crippen LogP contribution in [0.15, 0.2) is 18.2 Å². The van der Waals surface area contributed by atoms with Crippen molar-refractivity contribution in [2.45, 2.75) is 45.6 Å². The van der Waals surface area contributed by atoms with Gasteiger partial charge in [-0.05, 0) is 31.7 Å². The Labute approximate surface area is 140 Å². The minimum Gasteiger partial charge on any atom is -0.452 e. The Morgan fingerprint density at radius 3 is 2.71 bits per heavy atom. The summed E-state index contributed by atoms with van der Waals surface area (Å²) in [5, 5.41) is 14.0. The third-order valence-electron chi connectivity index (χ3n) is 4.43. The highest BCUT2D eigenvalue weighted by molar-refractivity contribution is 5.95. The molecule has 1 N–H and O–H groups in total. The van der Waals surface area contributed by atoms with Gasteiger partial charge in [0.2, 0.25) is 0 Å². The molecule has 130 valence electrons. The van der Waals surface area contributed by atoms with E-state index in [-0.39, 0.29) is 23.2 Å². The molecule has 1 fully saturated rings. The number of nitro groups is 1. The molecule has 7 heteroatoms. The zero-order valence-corrected chi connectivity index (χ0v) is 13.9. The van der Waals surface area contributed by atoms with Gasteiger partial charge in [-0.25, -0.2) is 4.79 Å². The van der Waals surface area contributed by atoms with Gasteiger partial charge in [0.05, 0.1) is 4.92 Å². The van der Waals surface area contributed by atoms with Crippen LogP contribution in [0.5, 0.6) is 0 Å². The number of carbonyl (C=O) groups excluding carboxylic acids is 2. The molecule has 1 aliphatic rings. The van der Waals surface area contributed by atoms with E-state index in [2.05, 4.69) is 12.2 Å². The monoisotopic (exact) mass is 334 g/mol. The largest absolute Gasteiger partial charge is 0.452 e. The molecule has 1 aromatic carbocycles. The molecule has 0 bridgehead atoms. The fourth-order valence-electron chi connectivity index (χ4n) is 3.05. The Hall–Kier alpha value is -2.44. The Kier molecular flexibility index (Phi) is 5.89. The second kappa shape index (κ2) is 7.90. The number of amides is 1. The van der Waals surface area contributed by atoms with E-state index < -0.39 is 17.5 Å². The third-order valence-corrected chi connectivity index (χ3v) is 4.43. The molecular weight excluding hydrogens is 312 g/mol. The number of benzene rings is 1. The van der Waals surface area contributed by atoms with E-state index in [4.69, 9.17) is 4.74 Å². The molecule has 0 saturated heterocycles. The Morgan fingerprint density at radius 1 is 1.33 bits per heavy atom. The van der Waals surface area contributed by atoms with Crippen LogP contribution in [0.4, 0.5) is 5.69 Å². The first-order valence-corrected chi connectivity index (χ1v) is 8.10. The Morgan fingerprint density at radius 2 is 2.04 bits per heavy atom. The van der Waals surface area contributed by atoms with Crippen LogP contribution in [0.2, 0.25) is 0 Å². The highest BCUT2D eigenvalue weighted by Gasteiger charge is 2.26. The lowest BCUT2D eigenvalue weighted by atomic mass is 9.86. The van der Waals surface area contributed by atoms with E-state index in [1.54, 1.807) is 19.1 Å². The number of nitrogens with zero attached hydrogens (tertiary/aromatic N) is 1. The van der Waals surface area contributed by atoms with Gasteiger partial charge in [-0.2, -0.15) is 0 Å². The summed E-state index contributed by atoms with van der Waals surface area (Å²) in [5.41, 5.74) is -0.0578. The first-order valence-electron chi connectivity index (χ1n) is 8.10. The molecule has 1 aromatic rings. The fourth-order valence-corrected chi connectivity index (χ4v) is 3.05. The van der Waals surface area contributed by atoms with Crippen LogP contribution in [-0.4, -0.2) is 29.4 Å². The fraction of sp³-hybridized carbons (Fsp3) is 0.529. The van der Waals surface area contributed by atoms with Gasteiger partial charge in [0.15, 0.2) is 6.61 Å². The summed E-state index contributed by atoms with van der Waals surface area (Å²) < 4.78 is 4.96. The normalized spacial score (nSPS) is 20.2. The smallest absolute Gasteiger partial charge is 0.345 e. The van der Waals surface area contributed by atoms with Gasteiger partial charge in [0.25, 0.3) is 11.6 Å². The molecule has 0 heterocycles. The second-order valence-electron chi connectivity index (χ2n) is 6.24. The summed E-state index contributed by atoms with van der Waals surface area (Å²) in [4.78, 5) is 34.5. The molecule has 7 nitrogen and oxygen atoms in total. The lowest BCUT2D eigenvalue weighted by molar-refractivity contribution is -0.385. The first kappa shape index (κ1) is 17.9. The number of carbonyl (C=O) groups is 2. The van der Waals surface area contributed by atoms with Crippen LogP contribution in [-0.2, 0) is 9.53 Å². The van der Waals surface area contributed by atoms with Crippen LogP contribution in [0, 0.1) is 23.0 Å². The summed E-state index contributed by atoms with van der Waals surface area (Å²) in [6.45, 7) is 3.20. The van der Waals surface area contributed by atoms with Crippen LogP contribution >= 0.6 is 0 Å². The van der Waals surface area contributed by atoms with Gasteiger partial charge in [-0.15, -0.1) is 0 Å². The van der Waals surface area contributed by atoms with Crippen molar-refractivity contribution in [1.29, 1.82) is 0 Å². The molecule has 2 atom stereocenters. The molecule has 1 saturated carbocycles. The lowest BCUT2D eigenvalue weighted by Crippen LogP contribution is -2.42. The van der Waals surface area contributed by atoms with Crippen LogP contribution in [0.1, 0.15) is 48.5 Å². The van der Waals surface area contributed by atoms with Crippen molar-refractivity contribution < 1.29 is 19.2 Å². The highest BCUT2D eigenvalue weighted by Crippen LogP contribution is 2.24. The number of aryl methyl sites for hydroxylation is 1. The first-order chi connectivity index (χ1) is 11.4. The van der Waals surface area contributed by atoms with Crippen molar-refractivity contribution in [2.75, 3.05) is 6.61 Å². The van der Waals surface area contributed by atoms with E-state index in [1.165, 1.54) is 12.5 Å². The molecule has 0 aromatic heterocycles. The maximum absolute atomic E-state index is 12.1. The number of para-hydroxylation sites is 1. The predicted octanol–water partition coefficient (Wildman–Crippen LogP) is 2.75. The number of hydrogen-bond donors (Lipinski definition) is 1. The standard InChI is InChI=1S/C17H22N2O5/c1-11-6-3-4-9-14(11)18-15(20)10-24-17(21)13-8-5-7-12(2)16(13)19(22)23/h5,7-8,11,14H,3-4,6,9-10H2,1-2H3,(H,18,20)/t11-,14-/m0/s1. The maximum atomic E-state index is 12.1. The van der Waals surface area contributed by atoms with E-state index in [1.807, 2.05) is 0 Å². The van der Waals surface area contributed by atoms with Crippen LogP contribution in [0.25, 0.3) is 0 Å². The van der Waals surface area contributed by atoms with Gasteiger partial charge >= 0.3 is 5.97 Å². The molecule has 2 rings (SSSR count). The number of rotatable bonds is 5. The summed E-state index contributed by atoms with van der Waals surface area (Å²) in [6.07, 6.45) is 4.23. The zero-order valence-electron chi connectivity index (χ0n) is 13.9. The molecular formula is C17H22N2O5. The van der Waals surface area contributed by atoms with E-state index in [0.29, 0.717) is 11.5 Å². The molecule has 24 heavy (non-hydrogen) atoms. The lowest BCUT2D eigenvalue weighted by Gasteiger charge is -2.29. The van der Waals surface area contributed by atoms with Crippen molar-refractivity contribution in [3.05, 3.63) is 39.4 Å². The minimum absolute atomic E-state index is 0.0956. The van der Waals surface area contributed by atoms with Gasteiger partial charge in [-0.1, -0.05) is 31.9 Å². The number of esters is 1. The Balaban J connectivity index is 1.95. The van der Waals surface area contributed by atoms with Crippen LogP contribution in [0.3, 0.4) is 0 Å². The molecule has 1 amide bonds. The quantitative estimate of drug-likeness (QED) is 0.507. The number of nitro benzene ring substituents is 1. The number of hydrogen-bond acceptors (Lipinski definition) is 5. The molecule has 0 spiro atoms. The topological polar surface area (TPSA) is 98.5 Å². The predicted molar refractivity (Wildman–Crippen MR) is 87.7 cm³/mol. The van der Waals surface area contributed by atoms with Crippen molar-refractivity contribution >= 4 is 17.6 Å². The molecule has 0 aliphatic heterocycles. The van der Waals surface area contributed by atoms with Gasteiger partial charge < -0.3 is 10.1 Å². The number of ether oxygens (including phenoxy) is 1. The summed E-state index contributed by atoms with van der Waals surface area (Å²) in [5.74, 6) is -0.842. The van der Waals surface area contributed by atoms with Crippen LogP contribution < -0.4 is 5.32 Å². The molecule has 0 radical (unpaired) electrons. The molecule has 1 aliphatic carbocycles. The Bertz CT molecular complexity index is 644. The van der Waals surface area contributed by atoms with E-state index >= 15 is 0 Å². The summed E-state index contributed by atoms with van der Waals surface area (Å²) in [7, 11) is 0. The average molecular weight is 334 g/mol. The van der Waals surface area contributed by atoms with E-state index in [9.17, 15) is 19.7 Å². The SMILES string of the molecule is Cc1cccc(C(=O)OCC(=O)N[C@H]2CCCC[C@@H]2C)c1[N+](=O)[O-]. The van der Waals surface area contributed by atoms with Crippen molar-refractivity contribution in [3.8, 4) is 0 Å². The maximum Gasteiger partial charge on any atom is 0.345 e. The minimum atomic E-state index is -0.864. The third kappa shape index (κ3) is 4.31. The highest BCUT2D eigenvalue weighted by atomic mass is 16.6. The number of nitrogens with one attached hydrogen (secondary N) is 1. The van der Waals surface area contributed by atoms with Crippen molar-refractivity contribution in [1.82, 2.24) is 5.32 Å². The van der Waals surface area contributed by atoms with E-state index in [0.717, 1.165) is 19.3 Å². The van der Waals surface area contributed by atoms with Crippen molar-refractivity contribution in [2.24, 2.45) is 5.92 Å². The van der Waals surface area contributed by atoms with Crippen molar-refractivity contribution in [3.63, 3.8) is 0 Å².